The number of carboxylic acid groups (broad SMARTS) is 1. The number of hydrogen-bond donors (Lipinski definition) is 6. The van der Waals surface area contributed by atoms with Crippen LogP contribution in [-0.4, -0.2) is 75.2 Å². The van der Waals surface area contributed by atoms with Crippen LogP contribution in [0.5, 0.6) is 0 Å². The van der Waals surface area contributed by atoms with Crippen molar-refractivity contribution in [2.45, 2.75) is 30.3 Å². The van der Waals surface area contributed by atoms with Crippen molar-refractivity contribution < 1.29 is 39.9 Å². The Labute approximate surface area is 172 Å². The van der Waals surface area contributed by atoms with Gasteiger partial charge in [0.25, 0.3) is 0 Å². The van der Waals surface area contributed by atoms with Crippen LogP contribution in [0.2, 0.25) is 0 Å². The molecule has 0 saturated carbocycles. The number of ether oxygens (including phenoxy) is 1. The number of rotatable bonds is 8. The molecule has 0 spiro atoms. The second kappa shape index (κ2) is 9.23. The summed E-state index contributed by atoms with van der Waals surface area (Å²) in [4.78, 5) is 23.6. The van der Waals surface area contributed by atoms with Gasteiger partial charge in [0.2, 0.25) is 0 Å². The predicted molar refractivity (Wildman–Crippen MR) is 105 cm³/mol. The van der Waals surface area contributed by atoms with Gasteiger partial charge in [0, 0.05) is 5.92 Å². The number of amides is 1. The number of carbonyl (C=O) groups is 2. The van der Waals surface area contributed by atoms with Gasteiger partial charge in [-0.3, -0.25) is 0 Å². The maximum Gasteiger partial charge on any atom is 0.407 e. The zero-order valence-electron chi connectivity index (χ0n) is 15.9. The number of aliphatic hydroxyl groups is 4. The van der Waals surface area contributed by atoms with Gasteiger partial charge in [0.05, 0.1) is 6.61 Å². The molecule has 0 heterocycles. The van der Waals surface area contributed by atoms with Gasteiger partial charge in [-0.15, -0.1) is 0 Å². The van der Waals surface area contributed by atoms with Crippen molar-refractivity contribution in [1.29, 1.82) is 0 Å². The lowest BCUT2D eigenvalue weighted by atomic mass is 9.98. The molecule has 0 fully saturated rings. The van der Waals surface area contributed by atoms with Gasteiger partial charge in [-0.1, -0.05) is 48.5 Å². The summed E-state index contributed by atoms with van der Waals surface area (Å²) in [6, 6.07) is 13.4. The van der Waals surface area contributed by atoms with Crippen molar-refractivity contribution >= 4 is 12.1 Å². The maximum absolute atomic E-state index is 12.2. The number of hydrogen-bond acceptors (Lipinski definition) is 7. The molecule has 0 bridgehead atoms. The van der Waals surface area contributed by atoms with Gasteiger partial charge < -0.3 is 35.6 Å². The lowest BCUT2D eigenvalue weighted by Gasteiger charge is -2.26. The van der Waals surface area contributed by atoms with Crippen LogP contribution in [0, 0.1) is 0 Å². The SMILES string of the molecule is O=C(N[C@H](C(=O)O)[C@@H](O)[C@H](O)[C@H](O)CO)OCC1c2ccccc2-c2ccccc21. The average molecular weight is 417 g/mol. The first-order chi connectivity index (χ1) is 14.3. The van der Waals surface area contributed by atoms with Gasteiger partial charge in [0.15, 0.2) is 6.04 Å². The van der Waals surface area contributed by atoms with Crippen molar-refractivity contribution in [2.24, 2.45) is 0 Å². The molecule has 0 saturated heterocycles. The number of carboxylic acids is 1. The quantitative estimate of drug-likeness (QED) is 0.352. The van der Waals surface area contributed by atoms with Gasteiger partial charge in [-0.05, 0) is 22.3 Å². The lowest BCUT2D eigenvalue weighted by Crippen LogP contribution is -2.56. The van der Waals surface area contributed by atoms with E-state index in [4.69, 9.17) is 9.84 Å². The summed E-state index contributed by atoms with van der Waals surface area (Å²) in [6.07, 6.45) is -6.92. The molecule has 0 unspecified atom stereocenters. The van der Waals surface area contributed by atoms with E-state index in [-0.39, 0.29) is 12.5 Å². The van der Waals surface area contributed by atoms with Crippen LogP contribution in [-0.2, 0) is 9.53 Å². The third kappa shape index (κ3) is 4.29. The topological polar surface area (TPSA) is 157 Å². The Balaban J connectivity index is 1.69. The summed E-state index contributed by atoms with van der Waals surface area (Å²) >= 11 is 0. The molecule has 9 nitrogen and oxygen atoms in total. The lowest BCUT2D eigenvalue weighted by molar-refractivity contribution is -0.148. The highest BCUT2D eigenvalue weighted by Gasteiger charge is 2.37. The molecule has 6 N–H and O–H groups in total. The number of alkyl carbamates (subject to hydrolysis) is 1. The van der Waals surface area contributed by atoms with Crippen molar-refractivity contribution in [1.82, 2.24) is 5.32 Å². The van der Waals surface area contributed by atoms with E-state index >= 15 is 0 Å². The zero-order valence-corrected chi connectivity index (χ0v) is 15.9. The fraction of sp³-hybridized carbons (Fsp3) is 0.333. The average Bonchev–Trinajstić information content (AvgIpc) is 3.08. The fourth-order valence-electron chi connectivity index (χ4n) is 3.59. The molecule has 0 aliphatic heterocycles. The number of benzene rings is 2. The highest BCUT2D eigenvalue weighted by atomic mass is 16.5. The Morgan fingerprint density at radius 2 is 1.47 bits per heavy atom. The van der Waals surface area contributed by atoms with E-state index in [0.717, 1.165) is 22.3 Å². The number of nitrogens with one attached hydrogen (secondary N) is 1. The van der Waals surface area contributed by atoms with Gasteiger partial charge >= 0.3 is 12.1 Å². The number of fused-ring (bicyclic) bond motifs is 3. The monoisotopic (exact) mass is 417 g/mol. The van der Waals surface area contributed by atoms with Crippen molar-refractivity contribution in [3.63, 3.8) is 0 Å². The minimum Gasteiger partial charge on any atom is -0.480 e. The predicted octanol–water partition coefficient (Wildman–Crippen LogP) is 0.0533. The highest BCUT2D eigenvalue weighted by molar-refractivity contribution is 5.81. The van der Waals surface area contributed by atoms with Crippen LogP contribution in [0.1, 0.15) is 17.0 Å². The Bertz CT molecular complexity index is 872. The molecule has 3 rings (SSSR count). The first-order valence-electron chi connectivity index (χ1n) is 9.34. The fourth-order valence-corrected chi connectivity index (χ4v) is 3.59. The largest absolute Gasteiger partial charge is 0.480 e. The number of aliphatic hydroxyl groups excluding tert-OH is 4. The van der Waals surface area contributed by atoms with Crippen LogP contribution in [0.4, 0.5) is 4.79 Å². The summed E-state index contributed by atoms with van der Waals surface area (Å²) in [5.41, 5.74) is 4.01. The molecule has 160 valence electrons. The molecule has 30 heavy (non-hydrogen) atoms. The molecule has 2 aromatic rings. The summed E-state index contributed by atoms with van der Waals surface area (Å²) in [5.74, 6) is -1.88. The summed E-state index contributed by atoms with van der Waals surface area (Å²) < 4.78 is 5.22. The van der Waals surface area contributed by atoms with Crippen LogP contribution in [0.25, 0.3) is 11.1 Å². The molecule has 9 heteroatoms. The van der Waals surface area contributed by atoms with Crippen LogP contribution >= 0.6 is 0 Å². The maximum atomic E-state index is 12.2. The van der Waals surface area contributed by atoms with E-state index in [1.165, 1.54) is 0 Å². The normalized spacial score (nSPS) is 16.7. The Kier molecular flexibility index (Phi) is 6.68. The zero-order chi connectivity index (χ0) is 21.8. The van der Waals surface area contributed by atoms with Gasteiger partial charge in [0.1, 0.15) is 24.9 Å². The summed E-state index contributed by atoms with van der Waals surface area (Å²) in [6.45, 7) is -0.959. The smallest absolute Gasteiger partial charge is 0.407 e. The molecule has 1 aliphatic carbocycles. The molecule has 0 aromatic heterocycles. The van der Waals surface area contributed by atoms with E-state index in [2.05, 4.69) is 0 Å². The molecular weight excluding hydrogens is 394 g/mol. The van der Waals surface area contributed by atoms with E-state index in [1.807, 2.05) is 53.8 Å². The standard InChI is InChI=1S/C21H23NO8/c23-9-16(24)18(25)19(26)17(20(27)28)22-21(29)30-10-15-13-7-3-1-5-11(13)12-6-2-4-8-14(12)15/h1-8,15-19,23-26H,9-10H2,(H,22,29)(H,27,28)/t16-,17+,18-,19-/m1/s1. The van der Waals surface area contributed by atoms with E-state index in [9.17, 15) is 30.0 Å². The Morgan fingerprint density at radius 3 is 1.97 bits per heavy atom. The summed E-state index contributed by atoms with van der Waals surface area (Å²) in [7, 11) is 0. The molecule has 0 radical (unpaired) electrons. The minimum atomic E-state index is -2.06. The highest BCUT2D eigenvalue weighted by Crippen LogP contribution is 2.44. The van der Waals surface area contributed by atoms with Crippen molar-refractivity contribution in [3.8, 4) is 11.1 Å². The van der Waals surface area contributed by atoms with Crippen LogP contribution in [0.15, 0.2) is 48.5 Å². The molecule has 1 aliphatic rings. The summed E-state index contributed by atoms with van der Waals surface area (Å²) in [5, 5.41) is 49.2. The molecule has 2 aromatic carbocycles. The van der Waals surface area contributed by atoms with Crippen LogP contribution < -0.4 is 5.32 Å². The minimum absolute atomic E-state index is 0.0654. The Hall–Kier alpha value is -2.98. The van der Waals surface area contributed by atoms with Gasteiger partial charge in [-0.25, -0.2) is 9.59 Å². The van der Waals surface area contributed by atoms with E-state index < -0.39 is 43.0 Å². The number of aliphatic carboxylic acids is 1. The van der Waals surface area contributed by atoms with Gasteiger partial charge in [-0.2, -0.15) is 0 Å². The van der Waals surface area contributed by atoms with Crippen LogP contribution in [0.3, 0.4) is 0 Å². The second-order valence-electron chi connectivity index (χ2n) is 7.02. The van der Waals surface area contributed by atoms with E-state index in [0.29, 0.717) is 0 Å². The van der Waals surface area contributed by atoms with Crippen molar-refractivity contribution in [2.75, 3.05) is 13.2 Å². The van der Waals surface area contributed by atoms with E-state index in [1.54, 1.807) is 0 Å². The third-order valence-electron chi connectivity index (χ3n) is 5.16. The number of carbonyl (C=O) groups excluding carboxylic acids is 1. The second-order valence-corrected chi connectivity index (χ2v) is 7.02. The first kappa shape index (κ1) is 21.7. The molecular formula is C21H23NO8. The molecule has 4 atom stereocenters. The third-order valence-corrected chi connectivity index (χ3v) is 5.16. The van der Waals surface area contributed by atoms with Crippen molar-refractivity contribution in [3.05, 3.63) is 59.7 Å². The molecule has 1 amide bonds. The first-order valence-corrected chi connectivity index (χ1v) is 9.34. The Morgan fingerprint density at radius 1 is 0.933 bits per heavy atom.